The Labute approximate surface area is 119 Å². The molecule has 110 valence electrons. The van der Waals surface area contributed by atoms with E-state index >= 15 is 0 Å². The average Bonchev–Trinajstić information content (AvgIpc) is 2.92. The normalized spacial score (nSPS) is 12.8. The van der Waals surface area contributed by atoms with Crippen molar-refractivity contribution in [3.05, 3.63) is 34.9 Å². The summed E-state index contributed by atoms with van der Waals surface area (Å²) < 4.78 is 3.76. The Balaban J connectivity index is 1.98. The Morgan fingerprint density at radius 1 is 1.35 bits per heavy atom. The number of hydrazine groups is 1. The number of nitrogens with two attached hydrogens (primary N) is 1. The van der Waals surface area contributed by atoms with E-state index in [-0.39, 0.29) is 6.04 Å². The topological polar surface area (TPSA) is 73.7 Å². The van der Waals surface area contributed by atoms with Crippen molar-refractivity contribution in [3.8, 4) is 0 Å². The maximum atomic E-state index is 5.70. The summed E-state index contributed by atoms with van der Waals surface area (Å²) in [5, 5.41) is 8.64. The minimum absolute atomic E-state index is 0.247. The van der Waals surface area contributed by atoms with Crippen molar-refractivity contribution in [2.45, 2.75) is 39.2 Å². The van der Waals surface area contributed by atoms with Gasteiger partial charge in [0.25, 0.3) is 0 Å². The Kier molecular flexibility index (Phi) is 4.57. The predicted octanol–water partition coefficient (Wildman–Crippen LogP) is 0.778. The van der Waals surface area contributed by atoms with Crippen LogP contribution < -0.4 is 11.3 Å². The van der Waals surface area contributed by atoms with Gasteiger partial charge in [-0.05, 0) is 44.2 Å². The van der Waals surface area contributed by atoms with Crippen molar-refractivity contribution >= 4 is 0 Å². The zero-order valence-corrected chi connectivity index (χ0v) is 12.7. The first-order chi connectivity index (χ1) is 9.51. The van der Waals surface area contributed by atoms with Gasteiger partial charge in [0.1, 0.15) is 0 Å². The summed E-state index contributed by atoms with van der Waals surface area (Å²) in [5.41, 5.74) is 7.76. The fourth-order valence-corrected chi connectivity index (χ4v) is 2.55. The fourth-order valence-electron chi connectivity index (χ4n) is 2.55. The highest BCUT2D eigenvalue weighted by Crippen LogP contribution is 2.16. The molecule has 6 heteroatoms. The number of nitrogens with zero attached hydrogens (tertiary/aromatic N) is 4. The quantitative estimate of drug-likeness (QED) is 0.604. The number of aryl methyl sites for hydroxylation is 4. The number of hydrogen-bond donors (Lipinski definition) is 2. The first-order valence-electron chi connectivity index (χ1n) is 6.94. The molecule has 0 spiro atoms. The summed E-state index contributed by atoms with van der Waals surface area (Å²) >= 11 is 0. The smallest absolute Gasteiger partial charge is 0.0628 e. The summed E-state index contributed by atoms with van der Waals surface area (Å²) in [7, 11) is 3.91. The van der Waals surface area contributed by atoms with E-state index in [9.17, 15) is 0 Å². The SMILES string of the molecule is Cc1nn(C)c(C)c1CC(CCc1cnn(C)c1)NN. The summed E-state index contributed by atoms with van der Waals surface area (Å²) in [4.78, 5) is 0. The van der Waals surface area contributed by atoms with E-state index in [0.29, 0.717) is 0 Å². The minimum Gasteiger partial charge on any atom is -0.276 e. The number of nitrogens with one attached hydrogen (secondary N) is 1. The maximum absolute atomic E-state index is 5.70. The fraction of sp³-hybridized carbons (Fsp3) is 0.571. The molecule has 0 saturated carbocycles. The lowest BCUT2D eigenvalue weighted by Gasteiger charge is -2.15. The summed E-state index contributed by atoms with van der Waals surface area (Å²) in [6.45, 7) is 4.15. The van der Waals surface area contributed by atoms with Crippen LogP contribution in [0.4, 0.5) is 0 Å². The van der Waals surface area contributed by atoms with Crippen LogP contribution in [0.15, 0.2) is 12.4 Å². The van der Waals surface area contributed by atoms with Crippen molar-refractivity contribution in [2.24, 2.45) is 19.9 Å². The van der Waals surface area contributed by atoms with Gasteiger partial charge in [0.15, 0.2) is 0 Å². The number of hydrogen-bond acceptors (Lipinski definition) is 4. The van der Waals surface area contributed by atoms with E-state index in [4.69, 9.17) is 5.84 Å². The van der Waals surface area contributed by atoms with Crippen LogP contribution in [0.25, 0.3) is 0 Å². The molecule has 20 heavy (non-hydrogen) atoms. The first-order valence-corrected chi connectivity index (χ1v) is 6.94. The average molecular weight is 276 g/mol. The van der Waals surface area contributed by atoms with Gasteiger partial charge in [0, 0.05) is 32.0 Å². The molecular formula is C14H24N6. The van der Waals surface area contributed by atoms with Crippen LogP contribution in [-0.4, -0.2) is 25.6 Å². The van der Waals surface area contributed by atoms with Crippen molar-refractivity contribution in [1.82, 2.24) is 25.0 Å². The second-order valence-electron chi connectivity index (χ2n) is 5.40. The third kappa shape index (κ3) is 3.26. The Morgan fingerprint density at radius 2 is 2.10 bits per heavy atom. The van der Waals surface area contributed by atoms with E-state index in [0.717, 1.165) is 25.0 Å². The molecule has 1 unspecified atom stereocenters. The van der Waals surface area contributed by atoms with Gasteiger partial charge in [-0.15, -0.1) is 0 Å². The number of aromatic nitrogens is 4. The summed E-state index contributed by atoms with van der Waals surface area (Å²) in [6.07, 6.45) is 6.82. The van der Waals surface area contributed by atoms with Crippen LogP contribution in [0.1, 0.15) is 28.9 Å². The van der Waals surface area contributed by atoms with Gasteiger partial charge in [0.05, 0.1) is 11.9 Å². The lowest BCUT2D eigenvalue weighted by molar-refractivity contribution is 0.489. The molecule has 0 radical (unpaired) electrons. The van der Waals surface area contributed by atoms with E-state index in [1.54, 1.807) is 0 Å². The molecule has 0 fully saturated rings. The first kappa shape index (κ1) is 14.7. The van der Waals surface area contributed by atoms with Crippen molar-refractivity contribution in [2.75, 3.05) is 0 Å². The molecule has 0 aliphatic heterocycles. The highest BCUT2D eigenvalue weighted by atomic mass is 15.3. The molecule has 0 bridgehead atoms. The van der Waals surface area contributed by atoms with Crippen LogP contribution in [0.2, 0.25) is 0 Å². The molecule has 0 aliphatic carbocycles. The molecule has 0 aliphatic rings. The minimum atomic E-state index is 0.247. The second kappa shape index (κ2) is 6.19. The standard InChI is InChI=1S/C14H24N6/c1-10-14(11(2)20(4)18-10)7-13(17-15)6-5-12-8-16-19(3)9-12/h8-9,13,17H,5-7,15H2,1-4H3. The van der Waals surface area contributed by atoms with Gasteiger partial charge in [-0.2, -0.15) is 10.2 Å². The van der Waals surface area contributed by atoms with Crippen LogP contribution in [0, 0.1) is 13.8 Å². The summed E-state index contributed by atoms with van der Waals surface area (Å²) in [6, 6.07) is 0.247. The summed E-state index contributed by atoms with van der Waals surface area (Å²) in [5.74, 6) is 5.70. The molecule has 2 aromatic rings. The molecular weight excluding hydrogens is 252 g/mol. The lowest BCUT2D eigenvalue weighted by atomic mass is 9.99. The zero-order valence-electron chi connectivity index (χ0n) is 12.7. The molecule has 2 aromatic heterocycles. The molecule has 6 nitrogen and oxygen atoms in total. The molecule has 0 saturated heterocycles. The molecule has 2 rings (SSSR count). The lowest BCUT2D eigenvalue weighted by Crippen LogP contribution is -2.37. The van der Waals surface area contributed by atoms with Crippen molar-refractivity contribution in [3.63, 3.8) is 0 Å². The van der Waals surface area contributed by atoms with E-state index in [2.05, 4.69) is 29.5 Å². The van der Waals surface area contributed by atoms with Crippen molar-refractivity contribution < 1.29 is 0 Å². The van der Waals surface area contributed by atoms with Gasteiger partial charge in [-0.1, -0.05) is 0 Å². The highest BCUT2D eigenvalue weighted by Gasteiger charge is 2.15. The van der Waals surface area contributed by atoms with Gasteiger partial charge < -0.3 is 0 Å². The molecule has 0 aromatic carbocycles. The third-order valence-electron chi connectivity index (χ3n) is 3.88. The van der Waals surface area contributed by atoms with Crippen LogP contribution in [0.5, 0.6) is 0 Å². The van der Waals surface area contributed by atoms with Gasteiger partial charge in [-0.3, -0.25) is 20.6 Å². The largest absolute Gasteiger partial charge is 0.276 e. The molecule has 0 amide bonds. The van der Waals surface area contributed by atoms with Crippen LogP contribution in [-0.2, 0) is 26.9 Å². The van der Waals surface area contributed by atoms with Gasteiger partial charge in [-0.25, -0.2) is 0 Å². The van der Waals surface area contributed by atoms with E-state index in [1.807, 2.05) is 35.9 Å². The molecule has 3 N–H and O–H groups in total. The van der Waals surface area contributed by atoms with Crippen molar-refractivity contribution in [1.29, 1.82) is 0 Å². The highest BCUT2D eigenvalue weighted by molar-refractivity contribution is 5.25. The van der Waals surface area contributed by atoms with Gasteiger partial charge >= 0.3 is 0 Å². The second-order valence-corrected chi connectivity index (χ2v) is 5.40. The monoisotopic (exact) mass is 276 g/mol. The predicted molar refractivity (Wildman–Crippen MR) is 79.0 cm³/mol. The Morgan fingerprint density at radius 3 is 2.60 bits per heavy atom. The maximum Gasteiger partial charge on any atom is 0.0628 e. The molecule has 2 heterocycles. The van der Waals surface area contributed by atoms with Gasteiger partial charge in [0.2, 0.25) is 0 Å². The Bertz CT molecular complexity index is 568. The van der Waals surface area contributed by atoms with E-state index in [1.165, 1.54) is 16.8 Å². The molecule has 1 atom stereocenters. The number of rotatable bonds is 6. The van der Waals surface area contributed by atoms with Crippen LogP contribution >= 0.6 is 0 Å². The van der Waals surface area contributed by atoms with E-state index < -0.39 is 0 Å². The zero-order chi connectivity index (χ0) is 14.7. The third-order valence-corrected chi connectivity index (χ3v) is 3.88. The van der Waals surface area contributed by atoms with Crippen LogP contribution in [0.3, 0.4) is 0 Å². The Hall–Kier alpha value is -1.66.